The quantitative estimate of drug-likeness (QED) is 0.344. The zero-order chi connectivity index (χ0) is 27.1. The summed E-state index contributed by atoms with van der Waals surface area (Å²) in [6.07, 6.45) is 6.07. The second kappa shape index (κ2) is 12.6. The maximum atomic E-state index is 13.4. The van der Waals surface area contributed by atoms with Crippen molar-refractivity contribution in [3.8, 4) is 0 Å². The number of sulfonamides is 1. The highest BCUT2D eigenvalue weighted by atomic mass is 35.5. The molecule has 1 aliphatic carbocycles. The fraction of sp³-hybridized carbons (Fsp3) is 0.444. The van der Waals surface area contributed by atoms with Crippen LogP contribution in [-0.2, 0) is 14.8 Å². The summed E-state index contributed by atoms with van der Waals surface area (Å²) in [5.74, 6) is 0.414. The fourth-order valence-electron chi connectivity index (χ4n) is 5.06. The van der Waals surface area contributed by atoms with Crippen LogP contribution in [0.5, 0.6) is 0 Å². The van der Waals surface area contributed by atoms with Crippen LogP contribution in [0.1, 0.15) is 50.1 Å². The first-order chi connectivity index (χ1) is 18.2. The zero-order valence-electron chi connectivity index (χ0n) is 21.4. The topological polar surface area (TPSA) is 120 Å². The molecule has 2 fully saturated rings. The Bertz CT molecular complexity index is 1240. The number of carbonyl (C=O) groups excluding carboxylic acids is 2. The van der Waals surface area contributed by atoms with Crippen molar-refractivity contribution in [3.05, 3.63) is 65.2 Å². The van der Waals surface area contributed by atoms with Gasteiger partial charge in [-0.25, -0.2) is 13.2 Å². The Morgan fingerprint density at radius 2 is 1.61 bits per heavy atom. The largest absolute Gasteiger partial charge is 0.359 e. The molecule has 0 bridgehead atoms. The first-order valence-electron chi connectivity index (χ1n) is 12.9. The zero-order valence-corrected chi connectivity index (χ0v) is 23.0. The average molecular weight is 560 g/mol. The molecule has 3 amide bonds. The summed E-state index contributed by atoms with van der Waals surface area (Å²) >= 11 is 5.92. The summed E-state index contributed by atoms with van der Waals surface area (Å²) in [7, 11) is -3.50. The van der Waals surface area contributed by atoms with Crippen LogP contribution in [0.25, 0.3) is 0 Å². The summed E-state index contributed by atoms with van der Waals surface area (Å²) in [6.45, 7) is 1.65. The van der Waals surface area contributed by atoms with E-state index in [1.807, 2.05) is 18.2 Å². The predicted octanol–water partition coefficient (Wildman–Crippen LogP) is 4.33. The third-order valence-corrected chi connectivity index (χ3v) is 7.67. The Hall–Kier alpha value is -3.11. The Kier molecular flexibility index (Phi) is 9.27. The number of anilines is 1. The molecular weight excluding hydrogens is 526 g/mol. The first kappa shape index (κ1) is 27.9. The van der Waals surface area contributed by atoms with Gasteiger partial charge in [0.05, 0.1) is 6.26 Å². The SMILES string of the molecule is CS(=O)(=O)/N=C(/C1CCC(NC(=O)C(NC(=O)Nc2ccc(Cl)cc2)c2ccccc2)CC1)N1CCCC1. The van der Waals surface area contributed by atoms with Gasteiger partial charge in [-0.3, -0.25) is 4.79 Å². The maximum Gasteiger partial charge on any atom is 0.320 e. The molecule has 38 heavy (non-hydrogen) atoms. The molecule has 204 valence electrons. The van der Waals surface area contributed by atoms with Crippen molar-refractivity contribution in [3.63, 3.8) is 0 Å². The molecule has 1 aliphatic heterocycles. The van der Waals surface area contributed by atoms with Crippen molar-refractivity contribution in [2.24, 2.45) is 10.3 Å². The normalized spacial score (nSPS) is 21.0. The molecular formula is C27H34ClN5O4S. The molecule has 0 aromatic heterocycles. The van der Waals surface area contributed by atoms with E-state index in [9.17, 15) is 18.0 Å². The molecule has 1 unspecified atom stereocenters. The van der Waals surface area contributed by atoms with Gasteiger partial charge < -0.3 is 20.9 Å². The van der Waals surface area contributed by atoms with E-state index >= 15 is 0 Å². The Balaban J connectivity index is 1.39. The summed E-state index contributed by atoms with van der Waals surface area (Å²) in [4.78, 5) is 28.2. The van der Waals surface area contributed by atoms with Crippen LogP contribution < -0.4 is 16.0 Å². The molecule has 2 aromatic carbocycles. The van der Waals surface area contributed by atoms with Gasteiger partial charge in [0.2, 0.25) is 5.91 Å². The molecule has 0 radical (unpaired) electrons. The van der Waals surface area contributed by atoms with Crippen LogP contribution in [0.2, 0.25) is 5.02 Å². The van der Waals surface area contributed by atoms with Crippen LogP contribution >= 0.6 is 11.6 Å². The second-order valence-corrected chi connectivity index (χ2v) is 12.0. The number of hydrogen-bond donors (Lipinski definition) is 3. The molecule has 0 spiro atoms. The van der Waals surface area contributed by atoms with E-state index in [-0.39, 0.29) is 17.9 Å². The number of nitrogens with zero attached hydrogens (tertiary/aromatic N) is 2. The van der Waals surface area contributed by atoms with Crippen molar-refractivity contribution < 1.29 is 18.0 Å². The minimum absolute atomic E-state index is 0.0455. The number of urea groups is 1. The summed E-state index contributed by atoms with van der Waals surface area (Å²) in [5, 5.41) is 9.18. The fourth-order valence-corrected chi connectivity index (χ4v) is 5.79. The van der Waals surface area contributed by atoms with E-state index in [2.05, 4.69) is 25.2 Å². The standard InChI is InChI=1S/C27H34ClN5O4S/c1-38(36,37)32-25(33-17-5-6-18-33)20-9-13-22(14-10-20)29-26(34)24(19-7-3-2-4-8-19)31-27(35)30-23-15-11-21(28)12-16-23/h2-4,7-8,11-12,15-16,20,22,24H,5-6,9-10,13-14,17-18H2,1H3,(H,29,34)(H2,30,31,35)/b32-25-. The smallest absolute Gasteiger partial charge is 0.320 e. The molecule has 1 heterocycles. The van der Waals surface area contributed by atoms with E-state index in [4.69, 9.17) is 11.6 Å². The Morgan fingerprint density at radius 1 is 0.974 bits per heavy atom. The number of carbonyl (C=O) groups is 2. The number of benzene rings is 2. The van der Waals surface area contributed by atoms with E-state index in [0.717, 1.165) is 45.0 Å². The van der Waals surface area contributed by atoms with Gasteiger partial charge in [-0.2, -0.15) is 4.40 Å². The van der Waals surface area contributed by atoms with Crippen molar-refractivity contribution in [1.29, 1.82) is 0 Å². The van der Waals surface area contributed by atoms with Crippen molar-refractivity contribution in [2.75, 3.05) is 24.7 Å². The van der Waals surface area contributed by atoms with Gasteiger partial charge in [0, 0.05) is 35.8 Å². The summed E-state index contributed by atoms with van der Waals surface area (Å²) in [5.41, 5.74) is 1.23. The number of halogens is 1. The highest BCUT2D eigenvalue weighted by molar-refractivity contribution is 7.89. The number of nitrogens with one attached hydrogen (secondary N) is 3. The lowest BCUT2D eigenvalue weighted by atomic mass is 9.84. The molecule has 1 atom stereocenters. The van der Waals surface area contributed by atoms with Gasteiger partial charge in [0.25, 0.3) is 10.0 Å². The molecule has 2 aromatic rings. The van der Waals surface area contributed by atoms with Crippen LogP contribution in [0.3, 0.4) is 0 Å². The average Bonchev–Trinajstić information content (AvgIpc) is 3.43. The van der Waals surface area contributed by atoms with Gasteiger partial charge in [-0.1, -0.05) is 41.9 Å². The van der Waals surface area contributed by atoms with Gasteiger partial charge in [0.1, 0.15) is 11.9 Å². The van der Waals surface area contributed by atoms with Crippen LogP contribution in [0.15, 0.2) is 59.0 Å². The van der Waals surface area contributed by atoms with E-state index in [0.29, 0.717) is 35.0 Å². The maximum absolute atomic E-state index is 13.4. The molecule has 3 N–H and O–H groups in total. The van der Waals surface area contributed by atoms with Crippen molar-refractivity contribution in [1.82, 2.24) is 15.5 Å². The monoisotopic (exact) mass is 559 g/mol. The number of amides is 3. The lowest BCUT2D eigenvalue weighted by molar-refractivity contribution is -0.124. The second-order valence-electron chi connectivity index (χ2n) is 9.88. The number of likely N-dealkylation sites (tertiary alicyclic amines) is 1. The van der Waals surface area contributed by atoms with E-state index in [1.165, 1.54) is 0 Å². The minimum Gasteiger partial charge on any atom is -0.359 e. The third kappa shape index (κ3) is 7.94. The predicted molar refractivity (Wildman–Crippen MR) is 150 cm³/mol. The number of amidine groups is 1. The lowest BCUT2D eigenvalue weighted by Crippen LogP contribution is -2.47. The summed E-state index contributed by atoms with van der Waals surface area (Å²) < 4.78 is 28.0. The third-order valence-electron chi connectivity index (χ3n) is 6.90. The van der Waals surface area contributed by atoms with Crippen LogP contribution in [0, 0.1) is 5.92 Å². The highest BCUT2D eigenvalue weighted by Gasteiger charge is 2.32. The minimum atomic E-state index is -3.50. The molecule has 11 heteroatoms. The highest BCUT2D eigenvalue weighted by Crippen LogP contribution is 2.29. The van der Waals surface area contributed by atoms with Gasteiger partial charge >= 0.3 is 6.03 Å². The van der Waals surface area contributed by atoms with Gasteiger partial charge in [-0.15, -0.1) is 0 Å². The van der Waals surface area contributed by atoms with Crippen LogP contribution in [0.4, 0.5) is 10.5 Å². The molecule has 1 saturated heterocycles. The number of hydrogen-bond acceptors (Lipinski definition) is 4. The Labute approximate surface area is 229 Å². The summed E-state index contributed by atoms with van der Waals surface area (Å²) in [6, 6.07) is 14.3. The van der Waals surface area contributed by atoms with Gasteiger partial charge in [-0.05, 0) is 68.4 Å². The molecule has 1 saturated carbocycles. The Morgan fingerprint density at radius 3 is 2.21 bits per heavy atom. The lowest BCUT2D eigenvalue weighted by Gasteiger charge is -2.34. The van der Waals surface area contributed by atoms with Gasteiger partial charge in [0.15, 0.2) is 0 Å². The van der Waals surface area contributed by atoms with E-state index in [1.54, 1.807) is 36.4 Å². The first-order valence-corrected chi connectivity index (χ1v) is 15.1. The van der Waals surface area contributed by atoms with Crippen molar-refractivity contribution in [2.45, 2.75) is 50.6 Å². The van der Waals surface area contributed by atoms with E-state index < -0.39 is 22.1 Å². The molecule has 2 aliphatic rings. The van der Waals surface area contributed by atoms with Crippen LogP contribution in [-0.4, -0.2) is 56.5 Å². The molecule has 9 nitrogen and oxygen atoms in total. The number of rotatable bonds is 7. The van der Waals surface area contributed by atoms with Crippen molar-refractivity contribution >= 4 is 45.1 Å². The molecule has 4 rings (SSSR count).